The second-order valence-electron chi connectivity index (χ2n) is 4.37. The van der Waals surface area contributed by atoms with Gasteiger partial charge in [0.1, 0.15) is 11.4 Å². The summed E-state index contributed by atoms with van der Waals surface area (Å²) in [7, 11) is 0. The zero-order chi connectivity index (χ0) is 13.8. The number of benzene rings is 1. The smallest absolute Gasteiger partial charge is 0.326 e. The molecule has 5 nitrogen and oxygen atoms in total. The van der Waals surface area contributed by atoms with Crippen molar-refractivity contribution in [2.75, 3.05) is 0 Å². The number of hydrogen-bond acceptors (Lipinski definition) is 3. The molecule has 0 saturated carbocycles. The number of rotatable bonds is 4. The number of urea groups is 1. The molecule has 1 saturated heterocycles. The van der Waals surface area contributed by atoms with Gasteiger partial charge in [0.2, 0.25) is 0 Å². The van der Waals surface area contributed by atoms with Gasteiger partial charge in [-0.3, -0.25) is 10.1 Å². The van der Waals surface area contributed by atoms with Gasteiger partial charge in [0, 0.05) is 0 Å². The van der Waals surface area contributed by atoms with Crippen LogP contribution in [0.4, 0.5) is 4.79 Å². The Bertz CT molecular complexity index is 520. The first kappa shape index (κ1) is 13.1. The molecule has 3 amide bonds. The number of amides is 3. The molecule has 0 unspecified atom stereocenters. The third-order valence-corrected chi connectivity index (χ3v) is 2.82. The summed E-state index contributed by atoms with van der Waals surface area (Å²) in [5.41, 5.74) is 1.07. The van der Waals surface area contributed by atoms with Gasteiger partial charge in [-0.05, 0) is 37.1 Å². The molecule has 2 rings (SSSR count). The van der Waals surface area contributed by atoms with Gasteiger partial charge in [-0.1, -0.05) is 19.1 Å². The molecule has 5 heteroatoms. The monoisotopic (exact) mass is 260 g/mol. The highest BCUT2D eigenvalue weighted by atomic mass is 16.5. The quantitative estimate of drug-likeness (QED) is 0.643. The van der Waals surface area contributed by atoms with Crippen LogP contribution in [-0.2, 0) is 4.79 Å². The summed E-state index contributed by atoms with van der Waals surface area (Å²) in [4.78, 5) is 22.3. The number of carbonyl (C=O) groups is 2. The van der Waals surface area contributed by atoms with E-state index in [9.17, 15) is 9.59 Å². The molecule has 0 spiro atoms. The highest BCUT2D eigenvalue weighted by molar-refractivity contribution is 6.13. The van der Waals surface area contributed by atoms with Crippen LogP contribution in [0.5, 0.6) is 5.75 Å². The molecule has 1 aromatic carbocycles. The van der Waals surface area contributed by atoms with Crippen molar-refractivity contribution in [2.45, 2.75) is 26.4 Å². The van der Waals surface area contributed by atoms with Gasteiger partial charge < -0.3 is 10.1 Å². The average molecular weight is 260 g/mol. The van der Waals surface area contributed by atoms with Gasteiger partial charge >= 0.3 is 6.03 Å². The summed E-state index contributed by atoms with van der Waals surface area (Å²) in [6.07, 6.45) is 2.73. The fourth-order valence-corrected chi connectivity index (χ4v) is 1.61. The molecule has 1 aliphatic heterocycles. The highest BCUT2D eigenvalue weighted by Gasteiger charge is 2.22. The van der Waals surface area contributed by atoms with Crippen LogP contribution in [0.1, 0.15) is 25.8 Å². The number of imide groups is 1. The number of carbonyl (C=O) groups excluding carboxylic acids is 2. The van der Waals surface area contributed by atoms with Crippen molar-refractivity contribution in [1.82, 2.24) is 10.6 Å². The summed E-state index contributed by atoms with van der Waals surface area (Å²) < 4.78 is 5.66. The molecular weight excluding hydrogens is 244 g/mol. The Balaban J connectivity index is 2.09. The Morgan fingerprint density at radius 1 is 1.21 bits per heavy atom. The van der Waals surface area contributed by atoms with Crippen molar-refractivity contribution in [3.8, 4) is 5.75 Å². The minimum Gasteiger partial charge on any atom is -0.491 e. The molecule has 0 bridgehead atoms. The van der Waals surface area contributed by atoms with Crippen molar-refractivity contribution in [3.05, 3.63) is 35.5 Å². The summed E-state index contributed by atoms with van der Waals surface area (Å²) >= 11 is 0. The zero-order valence-corrected chi connectivity index (χ0v) is 10.9. The van der Waals surface area contributed by atoms with Crippen LogP contribution in [0.15, 0.2) is 30.0 Å². The molecule has 1 atom stereocenters. The minimum absolute atomic E-state index is 0.170. The molecular formula is C14H16N2O3. The first-order valence-corrected chi connectivity index (χ1v) is 6.19. The van der Waals surface area contributed by atoms with Crippen molar-refractivity contribution >= 4 is 18.0 Å². The maximum absolute atomic E-state index is 11.4. The zero-order valence-electron chi connectivity index (χ0n) is 10.9. The van der Waals surface area contributed by atoms with E-state index >= 15 is 0 Å². The molecule has 1 aliphatic rings. The van der Waals surface area contributed by atoms with Gasteiger partial charge in [-0.25, -0.2) is 4.79 Å². The van der Waals surface area contributed by atoms with Crippen molar-refractivity contribution in [1.29, 1.82) is 0 Å². The Morgan fingerprint density at radius 3 is 2.42 bits per heavy atom. The van der Waals surface area contributed by atoms with Crippen molar-refractivity contribution < 1.29 is 14.3 Å². The molecule has 0 radical (unpaired) electrons. The van der Waals surface area contributed by atoms with E-state index in [4.69, 9.17) is 4.74 Å². The highest BCUT2D eigenvalue weighted by Crippen LogP contribution is 2.16. The van der Waals surface area contributed by atoms with Crippen LogP contribution in [0, 0.1) is 0 Å². The van der Waals surface area contributed by atoms with E-state index < -0.39 is 11.9 Å². The second kappa shape index (κ2) is 5.56. The average Bonchev–Trinajstić information content (AvgIpc) is 2.70. The van der Waals surface area contributed by atoms with E-state index in [0.717, 1.165) is 17.7 Å². The van der Waals surface area contributed by atoms with E-state index in [-0.39, 0.29) is 11.8 Å². The summed E-state index contributed by atoms with van der Waals surface area (Å²) in [6.45, 7) is 4.07. The maximum atomic E-state index is 11.4. The molecule has 2 N–H and O–H groups in total. The van der Waals surface area contributed by atoms with Crippen LogP contribution >= 0.6 is 0 Å². The van der Waals surface area contributed by atoms with Gasteiger partial charge in [0.15, 0.2) is 0 Å². The SMILES string of the molecule is CC[C@H](C)Oc1ccc(/C=C2\NC(=O)NC2=O)cc1. The summed E-state index contributed by atoms with van der Waals surface area (Å²) in [5.74, 6) is 0.376. The molecule has 1 heterocycles. The fraction of sp³-hybridized carbons (Fsp3) is 0.286. The largest absolute Gasteiger partial charge is 0.491 e. The molecule has 19 heavy (non-hydrogen) atoms. The van der Waals surface area contributed by atoms with Gasteiger partial charge in [0.05, 0.1) is 6.10 Å². The standard InChI is InChI=1S/C14H16N2O3/c1-3-9(2)19-11-6-4-10(5-7-11)8-12-13(17)16-14(18)15-12/h4-9H,3H2,1-2H3,(H2,15,16,17,18)/b12-8-/t9-/m0/s1. The lowest BCUT2D eigenvalue weighted by atomic mass is 10.2. The third-order valence-electron chi connectivity index (χ3n) is 2.82. The number of nitrogens with one attached hydrogen (secondary N) is 2. The molecule has 0 aliphatic carbocycles. The summed E-state index contributed by atoms with van der Waals surface area (Å²) in [6, 6.07) is 6.86. The van der Waals surface area contributed by atoms with Crippen molar-refractivity contribution in [2.24, 2.45) is 0 Å². The Morgan fingerprint density at radius 2 is 1.89 bits per heavy atom. The van der Waals surface area contributed by atoms with Crippen LogP contribution in [-0.4, -0.2) is 18.0 Å². The topological polar surface area (TPSA) is 67.4 Å². The van der Waals surface area contributed by atoms with Gasteiger partial charge in [-0.2, -0.15) is 0 Å². The second-order valence-corrected chi connectivity index (χ2v) is 4.37. The van der Waals surface area contributed by atoms with E-state index in [1.54, 1.807) is 6.08 Å². The predicted molar refractivity (Wildman–Crippen MR) is 71.5 cm³/mol. The minimum atomic E-state index is -0.493. The van der Waals surface area contributed by atoms with E-state index in [0.29, 0.717) is 0 Å². The normalized spacial score (nSPS) is 18.1. The van der Waals surface area contributed by atoms with Gasteiger partial charge in [0.25, 0.3) is 5.91 Å². The Kier molecular flexibility index (Phi) is 3.85. The van der Waals surface area contributed by atoms with Crippen molar-refractivity contribution in [3.63, 3.8) is 0 Å². The van der Waals surface area contributed by atoms with E-state index in [1.165, 1.54) is 0 Å². The Labute approximate surface area is 111 Å². The lowest BCUT2D eigenvalue weighted by Crippen LogP contribution is -2.22. The van der Waals surface area contributed by atoms with Crippen LogP contribution < -0.4 is 15.4 Å². The molecule has 1 aromatic rings. The fourth-order valence-electron chi connectivity index (χ4n) is 1.61. The lowest BCUT2D eigenvalue weighted by molar-refractivity contribution is -0.115. The first-order valence-electron chi connectivity index (χ1n) is 6.19. The third kappa shape index (κ3) is 3.34. The number of hydrogen-bond donors (Lipinski definition) is 2. The summed E-state index contributed by atoms with van der Waals surface area (Å²) in [5, 5.41) is 4.59. The predicted octanol–water partition coefficient (Wildman–Crippen LogP) is 2.04. The molecule has 1 fully saturated rings. The number of ether oxygens (including phenoxy) is 1. The Hall–Kier alpha value is -2.30. The first-order chi connectivity index (χ1) is 9.08. The van der Waals surface area contributed by atoms with E-state index in [2.05, 4.69) is 17.6 Å². The molecule has 0 aromatic heterocycles. The van der Waals surface area contributed by atoms with Crippen LogP contribution in [0.25, 0.3) is 6.08 Å². The lowest BCUT2D eigenvalue weighted by Gasteiger charge is -2.12. The van der Waals surface area contributed by atoms with E-state index in [1.807, 2.05) is 31.2 Å². The maximum Gasteiger partial charge on any atom is 0.326 e. The molecule has 100 valence electrons. The van der Waals surface area contributed by atoms with Crippen LogP contribution in [0.2, 0.25) is 0 Å². The van der Waals surface area contributed by atoms with Gasteiger partial charge in [-0.15, -0.1) is 0 Å². The van der Waals surface area contributed by atoms with Crippen LogP contribution in [0.3, 0.4) is 0 Å².